The Balaban J connectivity index is 0.000000247. The number of aromatic amines is 2. The van der Waals surface area contributed by atoms with E-state index in [4.69, 9.17) is 0 Å². The van der Waals surface area contributed by atoms with Crippen molar-refractivity contribution in [1.29, 1.82) is 0 Å². The van der Waals surface area contributed by atoms with Gasteiger partial charge in [0.05, 0.1) is 10.8 Å². The van der Waals surface area contributed by atoms with Crippen LogP contribution in [0.1, 0.15) is 19.8 Å². The van der Waals surface area contributed by atoms with Crippen LogP contribution in [0.4, 0.5) is 5.69 Å². The van der Waals surface area contributed by atoms with Crippen LogP contribution in [0.15, 0.2) is 27.8 Å². The first-order valence-electron chi connectivity index (χ1n) is 6.91. The van der Waals surface area contributed by atoms with Crippen molar-refractivity contribution >= 4 is 16.5 Å². The van der Waals surface area contributed by atoms with Gasteiger partial charge >= 0.3 is 0 Å². The molecule has 6 heteroatoms. The quantitative estimate of drug-likeness (QED) is 0.659. The number of fused-ring (bicyclic) bond motifs is 1. The zero-order valence-corrected chi connectivity index (χ0v) is 11.6. The summed E-state index contributed by atoms with van der Waals surface area (Å²) in [5, 5.41) is 11.7. The van der Waals surface area contributed by atoms with Gasteiger partial charge in [-0.25, -0.2) is 0 Å². The normalized spacial score (nSPS) is 13.8. The summed E-state index contributed by atoms with van der Waals surface area (Å²) in [7, 11) is 0. The number of aromatic nitrogens is 2. The second kappa shape index (κ2) is 6.91. The molecule has 1 aliphatic heterocycles. The van der Waals surface area contributed by atoms with Crippen molar-refractivity contribution in [1.82, 2.24) is 15.5 Å². The van der Waals surface area contributed by atoms with E-state index in [1.54, 1.807) is 18.2 Å². The lowest BCUT2D eigenvalue weighted by molar-refractivity contribution is 0.857. The fourth-order valence-corrected chi connectivity index (χ4v) is 2.12. The highest BCUT2D eigenvalue weighted by Crippen LogP contribution is 2.12. The first kappa shape index (κ1) is 14.3. The van der Waals surface area contributed by atoms with Gasteiger partial charge in [0.15, 0.2) is 0 Å². The Kier molecular flexibility index (Phi) is 4.95. The summed E-state index contributed by atoms with van der Waals surface area (Å²) in [6.07, 6.45) is 2.78. The van der Waals surface area contributed by atoms with E-state index in [2.05, 4.69) is 20.8 Å². The van der Waals surface area contributed by atoms with E-state index < -0.39 is 0 Å². The predicted molar refractivity (Wildman–Crippen MR) is 81.5 cm³/mol. The van der Waals surface area contributed by atoms with Crippen molar-refractivity contribution in [2.75, 3.05) is 25.0 Å². The smallest absolute Gasteiger partial charge is 0.270 e. The van der Waals surface area contributed by atoms with Gasteiger partial charge in [0.2, 0.25) is 0 Å². The van der Waals surface area contributed by atoms with Crippen LogP contribution in [0.2, 0.25) is 0 Å². The van der Waals surface area contributed by atoms with Crippen LogP contribution in [0.3, 0.4) is 0 Å². The highest BCUT2D eigenvalue weighted by atomic mass is 16.1. The van der Waals surface area contributed by atoms with Gasteiger partial charge in [0.25, 0.3) is 11.1 Å². The molecule has 6 nitrogen and oxygen atoms in total. The molecule has 20 heavy (non-hydrogen) atoms. The highest BCUT2D eigenvalue weighted by molar-refractivity contribution is 5.83. The standard InChI is InChI=1S/C10H11N3O2.C4H9N/c1-2-11-6-3-4-7-8(5-6)10(15)13-12-9(7)14;1-2-4-5-3-1/h3-5,11H,2H2,1H3,(H,12,14)(H,13,15);5H,1-4H2. The Morgan fingerprint density at radius 3 is 2.25 bits per heavy atom. The number of H-pyrrole nitrogens is 2. The fraction of sp³-hybridized carbons (Fsp3) is 0.429. The molecule has 0 amide bonds. The van der Waals surface area contributed by atoms with Crippen LogP contribution in [-0.4, -0.2) is 29.8 Å². The first-order valence-corrected chi connectivity index (χ1v) is 6.91. The number of hydrogen-bond acceptors (Lipinski definition) is 4. The summed E-state index contributed by atoms with van der Waals surface area (Å²) in [5.41, 5.74) is 0.262. The van der Waals surface area contributed by atoms with Crippen LogP contribution in [0, 0.1) is 0 Å². The molecule has 3 rings (SSSR count). The molecule has 0 aliphatic carbocycles. The Morgan fingerprint density at radius 1 is 1.05 bits per heavy atom. The van der Waals surface area contributed by atoms with Crippen molar-refractivity contribution in [3.05, 3.63) is 38.9 Å². The molecule has 2 heterocycles. The molecule has 0 saturated carbocycles. The summed E-state index contributed by atoms with van der Waals surface area (Å²) in [6.45, 7) is 5.23. The summed E-state index contributed by atoms with van der Waals surface area (Å²) >= 11 is 0. The van der Waals surface area contributed by atoms with E-state index in [-0.39, 0.29) is 11.1 Å². The number of anilines is 1. The molecule has 0 atom stereocenters. The third-order valence-corrected chi connectivity index (χ3v) is 3.14. The van der Waals surface area contributed by atoms with Crippen molar-refractivity contribution in [2.24, 2.45) is 0 Å². The van der Waals surface area contributed by atoms with Crippen molar-refractivity contribution in [3.63, 3.8) is 0 Å². The number of hydrogen-bond donors (Lipinski definition) is 4. The molecule has 1 aromatic heterocycles. The minimum atomic E-state index is -0.288. The Hall–Kier alpha value is -2.08. The third kappa shape index (κ3) is 3.48. The molecular weight excluding hydrogens is 256 g/mol. The maximum Gasteiger partial charge on any atom is 0.270 e. The molecule has 0 radical (unpaired) electrons. The third-order valence-electron chi connectivity index (χ3n) is 3.14. The van der Waals surface area contributed by atoms with Crippen LogP contribution < -0.4 is 21.8 Å². The van der Waals surface area contributed by atoms with Crippen molar-refractivity contribution in [3.8, 4) is 0 Å². The summed E-state index contributed by atoms with van der Waals surface area (Å²) in [6, 6.07) is 5.09. The maximum absolute atomic E-state index is 11.4. The van der Waals surface area contributed by atoms with Gasteiger partial charge in [-0.15, -0.1) is 0 Å². The summed E-state index contributed by atoms with van der Waals surface area (Å²) in [4.78, 5) is 22.8. The van der Waals surface area contributed by atoms with Crippen LogP contribution in [0.25, 0.3) is 10.8 Å². The second-order valence-electron chi connectivity index (χ2n) is 4.66. The minimum Gasteiger partial charge on any atom is -0.385 e. The Bertz CT molecular complexity index is 663. The largest absolute Gasteiger partial charge is 0.385 e. The Morgan fingerprint density at radius 2 is 1.70 bits per heavy atom. The molecule has 4 N–H and O–H groups in total. The average Bonchev–Trinajstić information content (AvgIpc) is 3.03. The van der Waals surface area contributed by atoms with Crippen LogP contribution in [0.5, 0.6) is 0 Å². The topological polar surface area (TPSA) is 89.8 Å². The molecule has 0 bridgehead atoms. The molecule has 1 fully saturated rings. The van der Waals surface area contributed by atoms with Gasteiger partial charge in [-0.1, -0.05) is 0 Å². The lowest BCUT2D eigenvalue weighted by atomic mass is 10.2. The zero-order valence-electron chi connectivity index (χ0n) is 11.6. The van der Waals surface area contributed by atoms with Gasteiger partial charge in [0, 0.05) is 12.2 Å². The molecule has 108 valence electrons. The zero-order chi connectivity index (χ0) is 14.4. The van der Waals surface area contributed by atoms with Gasteiger partial charge in [-0.2, -0.15) is 0 Å². The molecule has 0 unspecified atom stereocenters. The number of nitrogens with one attached hydrogen (secondary N) is 4. The van der Waals surface area contributed by atoms with Crippen molar-refractivity contribution < 1.29 is 0 Å². The first-order chi connectivity index (χ1) is 9.72. The molecule has 1 aliphatic rings. The maximum atomic E-state index is 11.4. The summed E-state index contributed by atoms with van der Waals surface area (Å²) in [5.74, 6) is 0. The molecule has 1 aromatic carbocycles. The van der Waals surface area contributed by atoms with E-state index in [1.807, 2.05) is 6.92 Å². The van der Waals surface area contributed by atoms with Gasteiger partial charge in [-0.05, 0) is 51.1 Å². The van der Waals surface area contributed by atoms with Crippen LogP contribution in [-0.2, 0) is 0 Å². The van der Waals surface area contributed by atoms with Crippen molar-refractivity contribution in [2.45, 2.75) is 19.8 Å². The summed E-state index contributed by atoms with van der Waals surface area (Å²) < 4.78 is 0. The monoisotopic (exact) mass is 276 g/mol. The molecule has 0 spiro atoms. The van der Waals surface area contributed by atoms with E-state index >= 15 is 0 Å². The molecule has 2 aromatic rings. The second-order valence-corrected chi connectivity index (χ2v) is 4.66. The average molecular weight is 276 g/mol. The van der Waals surface area contributed by atoms with Gasteiger partial charge in [-0.3, -0.25) is 19.8 Å². The highest BCUT2D eigenvalue weighted by Gasteiger charge is 2.02. The van der Waals surface area contributed by atoms with Gasteiger partial charge in [0.1, 0.15) is 0 Å². The van der Waals surface area contributed by atoms with Crippen LogP contribution >= 0.6 is 0 Å². The lowest BCUT2D eigenvalue weighted by Crippen LogP contribution is -2.18. The lowest BCUT2D eigenvalue weighted by Gasteiger charge is -2.03. The molecule has 1 saturated heterocycles. The minimum absolute atomic E-state index is 0.285. The Labute approximate surface area is 116 Å². The van der Waals surface area contributed by atoms with E-state index in [1.165, 1.54) is 25.9 Å². The number of benzene rings is 1. The molecular formula is C14H20N4O2. The van der Waals surface area contributed by atoms with E-state index in [9.17, 15) is 9.59 Å². The predicted octanol–water partition coefficient (Wildman–Crippen LogP) is 1.02. The SMILES string of the molecule is C1CCNC1.CCNc1ccc2c(=O)[nH][nH]c(=O)c2c1. The van der Waals surface area contributed by atoms with E-state index in [0.29, 0.717) is 10.8 Å². The number of rotatable bonds is 2. The van der Waals surface area contributed by atoms with Gasteiger partial charge < -0.3 is 10.6 Å². The van der Waals surface area contributed by atoms with E-state index in [0.717, 1.165) is 12.2 Å². The fourth-order valence-electron chi connectivity index (χ4n) is 2.12.